The molecule has 2 aromatic rings. The Bertz CT molecular complexity index is 1280. The lowest BCUT2D eigenvalue weighted by molar-refractivity contribution is -0.0165. The lowest BCUT2D eigenvalue weighted by Gasteiger charge is -2.43. The molecule has 1 aromatic heterocycles. The van der Waals surface area contributed by atoms with Crippen LogP contribution < -0.4 is 9.47 Å². The third-order valence-electron chi connectivity index (χ3n) is 8.01. The molecular formula is C37H62N4O6. The zero-order chi connectivity index (χ0) is 36.0. The first-order valence-electron chi connectivity index (χ1n) is 16.5. The number of methoxy groups -OCH3 is 1. The molecule has 3 atom stereocenters. The van der Waals surface area contributed by atoms with Crippen molar-refractivity contribution in [3.8, 4) is 17.2 Å². The van der Waals surface area contributed by atoms with E-state index in [1.807, 2.05) is 65.6 Å². The van der Waals surface area contributed by atoms with Gasteiger partial charge in [0.15, 0.2) is 0 Å². The number of phenols is 1. The first-order chi connectivity index (χ1) is 21.4. The average Bonchev–Trinajstić information content (AvgIpc) is 3.23. The minimum Gasteiger partial charge on any atom is -0.508 e. The van der Waals surface area contributed by atoms with E-state index >= 15 is 0 Å². The zero-order valence-electron chi connectivity index (χ0n) is 31.4. The van der Waals surface area contributed by atoms with Gasteiger partial charge in [0.05, 0.1) is 31.6 Å². The summed E-state index contributed by atoms with van der Waals surface area (Å²) in [6.45, 7) is 28.2. The molecule has 1 aromatic carbocycles. The monoisotopic (exact) mass is 658 g/mol. The lowest BCUT2D eigenvalue weighted by atomic mass is 9.93. The smallest absolute Gasteiger partial charge is 0.410 e. The molecule has 2 fully saturated rings. The lowest BCUT2D eigenvalue weighted by Crippen LogP contribution is -2.59. The van der Waals surface area contributed by atoms with Gasteiger partial charge in [-0.2, -0.15) is 0 Å². The summed E-state index contributed by atoms with van der Waals surface area (Å²) in [6.07, 6.45) is 2.60. The highest BCUT2D eigenvalue weighted by Gasteiger charge is 2.50. The second kappa shape index (κ2) is 15.9. The number of carbonyl (C=O) groups excluding carboxylic acids is 1. The molecule has 47 heavy (non-hydrogen) atoms. The highest BCUT2D eigenvalue weighted by atomic mass is 16.6. The fraction of sp³-hybridized carbons (Fsp3) is 0.676. The maximum Gasteiger partial charge on any atom is 0.410 e. The number of β-amino-alcohol motifs (C(OH)–C–C–N with tert-alkyl or cyclic N) is 1. The van der Waals surface area contributed by atoms with Gasteiger partial charge in [0.25, 0.3) is 0 Å². The van der Waals surface area contributed by atoms with Gasteiger partial charge in [0, 0.05) is 49.2 Å². The van der Waals surface area contributed by atoms with Crippen molar-refractivity contribution in [2.24, 2.45) is 5.92 Å². The Morgan fingerprint density at radius 1 is 0.936 bits per heavy atom. The van der Waals surface area contributed by atoms with Crippen LogP contribution in [-0.4, -0.2) is 105 Å². The molecule has 0 aliphatic carbocycles. The highest BCUT2D eigenvalue weighted by molar-refractivity contribution is 5.70. The van der Waals surface area contributed by atoms with Gasteiger partial charge in [0.2, 0.25) is 0 Å². The number of nitrogens with zero attached hydrogens (tertiary/aromatic N) is 4. The Balaban J connectivity index is 0.000000249. The van der Waals surface area contributed by atoms with Gasteiger partial charge in [-0.25, -0.2) is 4.79 Å². The van der Waals surface area contributed by atoms with Gasteiger partial charge in [-0.1, -0.05) is 12.1 Å². The summed E-state index contributed by atoms with van der Waals surface area (Å²) in [4.78, 5) is 22.5. The molecular weight excluding hydrogens is 596 g/mol. The number of ether oxygens (including phenoxy) is 3. The van der Waals surface area contributed by atoms with Crippen LogP contribution in [0.15, 0.2) is 42.7 Å². The number of aliphatic hydroxyl groups is 1. The van der Waals surface area contributed by atoms with E-state index in [0.717, 1.165) is 30.9 Å². The van der Waals surface area contributed by atoms with E-state index in [4.69, 9.17) is 14.2 Å². The number of amides is 1. The molecule has 4 rings (SSSR count). The Morgan fingerprint density at radius 3 is 2.06 bits per heavy atom. The molecule has 0 spiro atoms. The van der Waals surface area contributed by atoms with E-state index in [1.54, 1.807) is 37.7 Å². The van der Waals surface area contributed by atoms with Crippen molar-refractivity contribution in [1.82, 2.24) is 19.7 Å². The first-order valence-corrected chi connectivity index (χ1v) is 16.5. The maximum absolute atomic E-state index is 12.0. The number of rotatable bonds is 5. The molecule has 2 aliphatic heterocycles. The first kappa shape index (κ1) is 40.1. The Labute approximate surface area is 284 Å². The second-order valence-electron chi connectivity index (χ2n) is 16.5. The number of hydrogen-bond donors (Lipinski definition) is 2. The van der Waals surface area contributed by atoms with Gasteiger partial charge >= 0.3 is 6.09 Å². The van der Waals surface area contributed by atoms with Crippen LogP contribution in [0.5, 0.6) is 17.2 Å². The highest BCUT2D eigenvalue weighted by Crippen LogP contribution is 2.36. The van der Waals surface area contributed by atoms with Crippen molar-refractivity contribution >= 4 is 6.09 Å². The van der Waals surface area contributed by atoms with Gasteiger partial charge in [-0.3, -0.25) is 14.8 Å². The van der Waals surface area contributed by atoms with Crippen molar-refractivity contribution < 1.29 is 29.2 Å². The minimum absolute atomic E-state index is 0.0256. The number of likely N-dealkylation sites (N-methyl/N-ethyl adjacent to an activating group) is 1. The van der Waals surface area contributed by atoms with Crippen LogP contribution in [0.1, 0.15) is 94.8 Å². The minimum atomic E-state index is -0.573. The third-order valence-corrected chi connectivity index (χ3v) is 8.01. The van der Waals surface area contributed by atoms with Crippen molar-refractivity contribution in [1.29, 1.82) is 0 Å². The van der Waals surface area contributed by atoms with E-state index < -0.39 is 11.7 Å². The van der Waals surface area contributed by atoms with Crippen LogP contribution >= 0.6 is 0 Å². The molecule has 0 saturated carbocycles. The Kier molecular flexibility index (Phi) is 13.5. The second-order valence-corrected chi connectivity index (χ2v) is 16.5. The van der Waals surface area contributed by atoms with Crippen molar-refractivity contribution in [2.45, 2.75) is 118 Å². The summed E-state index contributed by atoms with van der Waals surface area (Å²) < 4.78 is 16.1. The summed E-state index contributed by atoms with van der Waals surface area (Å²) in [6, 6.07) is 8.94. The van der Waals surface area contributed by atoms with Crippen LogP contribution in [0.3, 0.4) is 0 Å². The molecule has 0 bridgehead atoms. The molecule has 10 heteroatoms. The van der Waals surface area contributed by atoms with Crippen molar-refractivity contribution in [3.63, 3.8) is 0 Å². The number of phenolic OH excluding ortho intramolecular Hbond substituents is 1. The van der Waals surface area contributed by atoms with Gasteiger partial charge < -0.3 is 29.3 Å². The predicted molar refractivity (Wildman–Crippen MR) is 188 cm³/mol. The quantitative estimate of drug-likeness (QED) is 0.360. The fourth-order valence-corrected chi connectivity index (χ4v) is 5.01. The third kappa shape index (κ3) is 13.5. The van der Waals surface area contributed by atoms with E-state index in [-0.39, 0.29) is 28.5 Å². The fourth-order valence-electron chi connectivity index (χ4n) is 5.01. The maximum atomic E-state index is 12.0. The average molecular weight is 659 g/mol. The molecule has 266 valence electrons. The van der Waals surface area contributed by atoms with Crippen LogP contribution in [0.25, 0.3) is 0 Å². The van der Waals surface area contributed by atoms with Crippen LogP contribution in [0, 0.1) is 5.92 Å². The summed E-state index contributed by atoms with van der Waals surface area (Å²) >= 11 is 0. The molecule has 2 aliphatic rings. The number of hydrogen-bond acceptors (Lipinski definition) is 9. The van der Waals surface area contributed by atoms with Crippen LogP contribution in [0.2, 0.25) is 0 Å². The van der Waals surface area contributed by atoms with Gasteiger partial charge in [-0.15, -0.1) is 0 Å². The summed E-state index contributed by atoms with van der Waals surface area (Å²) in [7, 11) is 3.59. The van der Waals surface area contributed by atoms with E-state index in [1.165, 1.54) is 0 Å². The van der Waals surface area contributed by atoms with Gasteiger partial charge in [0.1, 0.15) is 28.5 Å². The standard InChI is InChI=1S/C14H26N2O2.C13H21NO2.C10H15NO2/c1-13(2,3)15-7-10-8-16(11(10)9-15)12(17)18-14(4,5)6;1-13(2,3)14(4)9-12(16)10-6-5-7-11(15)8-10;1-10(2,3)13-9-5-8(12-4)6-11-7-9/h10-11H,7-9H2,1-6H3;5-8,12,15-16H,9H2,1-4H3;5-7H,1-4H3/t;12-;/m.1./s1. The van der Waals surface area contributed by atoms with E-state index in [9.17, 15) is 15.0 Å². The number of carbonyl (C=O) groups is 1. The van der Waals surface area contributed by atoms with Crippen molar-refractivity contribution in [2.75, 3.05) is 40.3 Å². The zero-order valence-corrected chi connectivity index (χ0v) is 31.4. The molecule has 3 heterocycles. The van der Waals surface area contributed by atoms with E-state index in [0.29, 0.717) is 24.3 Å². The van der Waals surface area contributed by atoms with Crippen LogP contribution in [-0.2, 0) is 4.74 Å². The predicted octanol–water partition coefficient (Wildman–Crippen LogP) is 6.76. The van der Waals surface area contributed by atoms with Crippen molar-refractivity contribution in [3.05, 3.63) is 48.3 Å². The molecule has 10 nitrogen and oxygen atoms in total. The summed E-state index contributed by atoms with van der Waals surface area (Å²) in [5, 5.41) is 19.4. The number of likely N-dealkylation sites (tertiary alicyclic amines) is 2. The number of aromatic hydroxyl groups is 1. The van der Waals surface area contributed by atoms with Crippen LogP contribution in [0.4, 0.5) is 4.79 Å². The normalized spacial score (nSPS) is 18.9. The molecule has 2 N–H and O–H groups in total. The topological polar surface area (TPSA) is 108 Å². The number of pyridine rings is 1. The Hall–Kier alpha value is -3.08. The molecule has 1 amide bonds. The molecule has 2 saturated heterocycles. The number of aromatic nitrogens is 1. The molecule has 2 unspecified atom stereocenters. The summed E-state index contributed by atoms with van der Waals surface area (Å²) in [5.74, 6) is 2.26. The molecule has 0 radical (unpaired) electrons. The number of fused-ring (bicyclic) bond motifs is 1. The number of aliphatic hydroxyl groups excluding tert-OH is 1. The summed E-state index contributed by atoms with van der Waals surface area (Å²) in [5.41, 5.74) is 0.365. The largest absolute Gasteiger partial charge is 0.508 e. The van der Waals surface area contributed by atoms with E-state index in [2.05, 4.69) is 56.3 Å². The SMILES string of the molecule is CC(C)(C)OC(=O)N1CC2CN(C(C)(C)C)CC21.CN(C[C@@H](O)c1cccc(O)c1)C(C)(C)C.COc1cncc(OC(C)(C)C)c1. The Morgan fingerprint density at radius 2 is 1.55 bits per heavy atom. The number of benzene rings is 1. The van der Waals surface area contributed by atoms with Gasteiger partial charge in [-0.05, 0) is 108 Å².